The molecule has 0 saturated carbocycles. The lowest BCUT2D eigenvalue weighted by Crippen LogP contribution is -2.34. The van der Waals surface area contributed by atoms with E-state index >= 15 is 0 Å². The molecule has 0 aromatic carbocycles. The maximum absolute atomic E-state index is 5.21. The van der Waals surface area contributed by atoms with Crippen LogP contribution in [0.3, 0.4) is 0 Å². The summed E-state index contributed by atoms with van der Waals surface area (Å²) in [4.78, 5) is 2.36. The summed E-state index contributed by atoms with van der Waals surface area (Å²) < 4.78 is 0. The van der Waals surface area contributed by atoms with Crippen LogP contribution >= 0.6 is 0 Å². The molecule has 1 aliphatic rings. The van der Waals surface area contributed by atoms with Crippen molar-refractivity contribution in [2.45, 2.75) is 19.8 Å². The summed E-state index contributed by atoms with van der Waals surface area (Å²) in [5, 5.41) is 0. The van der Waals surface area contributed by atoms with E-state index in [1.54, 1.807) is 0 Å². The lowest BCUT2D eigenvalue weighted by molar-refractivity contribution is 0.204. The molecule has 0 amide bonds. The molecule has 1 fully saturated rings. The fraction of sp³-hybridized carbons (Fsp3) is 0.778. The Bertz CT molecular complexity index is 134. The second-order valence-corrected chi connectivity index (χ2v) is 3.19. The van der Waals surface area contributed by atoms with Gasteiger partial charge in [0.05, 0.1) is 6.54 Å². The Hall–Kier alpha value is -0.480. The molecule has 1 aliphatic heterocycles. The van der Waals surface area contributed by atoms with Gasteiger partial charge in [-0.1, -0.05) is 12.8 Å². The molecule has 1 unspecified atom stereocenters. The van der Waals surface area contributed by atoms with Crippen molar-refractivity contribution in [3.63, 3.8) is 0 Å². The number of nitrogens with zero attached hydrogens (tertiary/aromatic N) is 1. The first kappa shape index (κ1) is 7.63. The van der Waals surface area contributed by atoms with Gasteiger partial charge in [0, 0.05) is 6.54 Å². The van der Waals surface area contributed by atoms with E-state index in [9.17, 15) is 0 Å². The van der Waals surface area contributed by atoms with Crippen molar-refractivity contribution < 1.29 is 0 Å². The number of rotatable bonds is 1. The van der Waals surface area contributed by atoms with Gasteiger partial charge in [0.25, 0.3) is 0 Å². The maximum Gasteiger partial charge on any atom is 0.0599 e. The van der Waals surface area contributed by atoms with Crippen molar-refractivity contribution in [2.24, 2.45) is 5.92 Å². The zero-order valence-electron chi connectivity index (χ0n) is 6.64. The van der Waals surface area contributed by atoms with E-state index in [4.69, 9.17) is 6.42 Å². The van der Waals surface area contributed by atoms with Crippen LogP contribution in [0.25, 0.3) is 0 Å². The molecular weight excluding hydrogens is 122 g/mol. The first-order valence-corrected chi connectivity index (χ1v) is 3.98. The molecule has 1 atom stereocenters. The fourth-order valence-corrected chi connectivity index (χ4v) is 1.56. The molecule has 1 heterocycles. The smallest absolute Gasteiger partial charge is 0.0599 e. The van der Waals surface area contributed by atoms with E-state index in [-0.39, 0.29) is 0 Å². The number of likely N-dealkylation sites (tertiary alicyclic amines) is 1. The number of piperidine rings is 1. The van der Waals surface area contributed by atoms with Gasteiger partial charge in [0.1, 0.15) is 0 Å². The van der Waals surface area contributed by atoms with Gasteiger partial charge < -0.3 is 0 Å². The van der Waals surface area contributed by atoms with Crippen LogP contribution in [0.5, 0.6) is 0 Å². The van der Waals surface area contributed by atoms with E-state index in [1.807, 2.05) is 0 Å². The quantitative estimate of drug-likeness (QED) is 0.493. The SMILES string of the molecule is C#CCN1CCCC(C)C1. The molecule has 0 aromatic heterocycles. The average Bonchev–Trinajstić information content (AvgIpc) is 1.88. The van der Waals surface area contributed by atoms with Crippen molar-refractivity contribution >= 4 is 0 Å². The maximum atomic E-state index is 5.21. The lowest BCUT2D eigenvalue weighted by atomic mass is 10.0. The molecule has 0 bridgehead atoms. The molecule has 10 heavy (non-hydrogen) atoms. The molecule has 1 saturated heterocycles. The van der Waals surface area contributed by atoms with Crippen LogP contribution in [-0.2, 0) is 0 Å². The van der Waals surface area contributed by atoms with Gasteiger partial charge >= 0.3 is 0 Å². The highest BCUT2D eigenvalue weighted by Gasteiger charge is 2.14. The zero-order chi connectivity index (χ0) is 7.40. The Balaban J connectivity index is 2.27. The average molecular weight is 137 g/mol. The van der Waals surface area contributed by atoms with Gasteiger partial charge in [-0.15, -0.1) is 6.42 Å². The van der Waals surface area contributed by atoms with E-state index in [1.165, 1.54) is 25.9 Å². The topological polar surface area (TPSA) is 3.24 Å². The van der Waals surface area contributed by atoms with Crippen molar-refractivity contribution in [1.82, 2.24) is 4.90 Å². The zero-order valence-corrected chi connectivity index (χ0v) is 6.64. The van der Waals surface area contributed by atoms with Gasteiger partial charge in [-0.25, -0.2) is 0 Å². The Morgan fingerprint density at radius 1 is 1.70 bits per heavy atom. The Morgan fingerprint density at radius 2 is 2.50 bits per heavy atom. The molecule has 56 valence electrons. The molecule has 0 aliphatic carbocycles. The fourth-order valence-electron chi connectivity index (χ4n) is 1.56. The van der Waals surface area contributed by atoms with E-state index < -0.39 is 0 Å². The largest absolute Gasteiger partial charge is 0.292 e. The highest BCUT2D eigenvalue weighted by molar-refractivity contribution is 4.89. The summed E-state index contributed by atoms with van der Waals surface area (Å²) >= 11 is 0. The van der Waals surface area contributed by atoms with Crippen LogP contribution in [0, 0.1) is 18.3 Å². The minimum absolute atomic E-state index is 0.838. The van der Waals surface area contributed by atoms with Gasteiger partial charge in [-0.05, 0) is 25.3 Å². The summed E-state index contributed by atoms with van der Waals surface area (Å²) in [5.41, 5.74) is 0. The van der Waals surface area contributed by atoms with Gasteiger partial charge in [0.2, 0.25) is 0 Å². The Labute approximate surface area is 63.4 Å². The van der Waals surface area contributed by atoms with Crippen LogP contribution in [0.2, 0.25) is 0 Å². The minimum Gasteiger partial charge on any atom is -0.292 e. The summed E-state index contributed by atoms with van der Waals surface area (Å²) in [5.74, 6) is 3.53. The number of hydrogen-bond donors (Lipinski definition) is 0. The summed E-state index contributed by atoms with van der Waals surface area (Å²) in [6.45, 7) is 5.53. The summed E-state index contributed by atoms with van der Waals surface area (Å²) in [7, 11) is 0. The second kappa shape index (κ2) is 3.63. The van der Waals surface area contributed by atoms with Gasteiger partial charge in [-0.2, -0.15) is 0 Å². The van der Waals surface area contributed by atoms with Crippen LogP contribution in [-0.4, -0.2) is 24.5 Å². The first-order valence-electron chi connectivity index (χ1n) is 3.98. The third kappa shape index (κ3) is 2.04. The van der Waals surface area contributed by atoms with E-state index in [0.29, 0.717) is 0 Å². The van der Waals surface area contributed by atoms with Gasteiger partial charge in [0.15, 0.2) is 0 Å². The van der Waals surface area contributed by atoms with Crippen molar-refractivity contribution in [3.8, 4) is 12.3 Å². The standard InChI is InChI=1S/C9H15N/c1-3-6-10-7-4-5-9(2)8-10/h1,9H,4-8H2,2H3. The predicted octanol–water partition coefficient (Wildman–Crippen LogP) is 1.35. The third-order valence-corrected chi connectivity index (χ3v) is 2.06. The highest BCUT2D eigenvalue weighted by atomic mass is 15.1. The molecule has 0 spiro atoms. The second-order valence-electron chi connectivity index (χ2n) is 3.19. The normalized spacial score (nSPS) is 27.8. The van der Waals surface area contributed by atoms with Crippen LogP contribution in [0.1, 0.15) is 19.8 Å². The molecule has 0 aromatic rings. The molecular formula is C9H15N. The summed E-state index contributed by atoms with van der Waals surface area (Å²) in [6, 6.07) is 0. The van der Waals surface area contributed by atoms with Crippen molar-refractivity contribution in [1.29, 1.82) is 0 Å². The lowest BCUT2D eigenvalue weighted by Gasteiger charge is -2.28. The molecule has 1 heteroatoms. The van der Waals surface area contributed by atoms with Crippen molar-refractivity contribution in [3.05, 3.63) is 0 Å². The monoisotopic (exact) mass is 137 g/mol. The van der Waals surface area contributed by atoms with Crippen LogP contribution in [0.4, 0.5) is 0 Å². The van der Waals surface area contributed by atoms with Crippen LogP contribution < -0.4 is 0 Å². The predicted molar refractivity (Wildman–Crippen MR) is 43.7 cm³/mol. The number of terminal acetylenes is 1. The van der Waals surface area contributed by atoms with E-state index in [0.717, 1.165) is 12.5 Å². The highest BCUT2D eigenvalue weighted by Crippen LogP contribution is 2.14. The molecule has 0 N–H and O–H groups in total. The molecule has 1 nitrogen and oxygen atoms in total. The van der Waals surface area contributed by atoms with E-state index in [2.05, 4.69) is 17.7 Å². The number of hydrogen-bond acceptors (Lipinski definition) is 1. The summed E-state index contributed by atoms with van der Waals surface area (Å²) in [6.07, 6.45) is 7.91. The van der Waals surface area contributed by atoms with Crippen LogP contribution in [0.15, 0.2) is 0 Å². The first-order chi connectivity index (χ1) is 4.83. The molecule has 1 rings (SSSR count). The Morgan fingerprint density at radius 3 is 3.10 bits per heavy atom. The third-order valence-electron chi connectivity index (χ3n) is 2.06. The van der Waals surface area contributed by atoms with Crippen molar-refractivity contribution in [2.75, 3.05) is 19.6 Å². The Kier molecular flexibility index (Phi) is 2.77. The van der Waals surface area contributed by atoms with Gasteiger partial charge in [-0.3, -0.25) is 4.90 Å². The molecule has 0 radical (unpaired) electrons. The minimum atomic E-state index is 0.838.